The number of H-pyrrole nitrogens is 1. The van der Waals surface area contributed by atoms with Crippen LogP contribution in [0.2, 0.25) is 0 Å². The van der Waals surface area contributed by atoms with E-state index >= 15 is 0 Å². The van der Waals surface area contributed by atoms with Crippen LogP contribution in [0.1, 0.15) is 18.7 Å². The van der Waals surface area contributed by atoms with Crippen molar-refractivity contribution >= 4 is 0 Å². The molecule has 1 aromatic rings. The third-order valence-electron chi connectivity index (χ3n) is 3.93. The van der Waals surface area contributed by atoms with Crippen molar-refractivity contribution in [3.63, 3.8) is 0 Å². The number of hydrogen-bond acceptors (Lipinski definition) is 6. The number of hydrogen-bond donors (Lipinski definition) is 3. The van der Waals surface area contributed by atoms with Gasteiger partial charge in [-0.05, 0) is 13.8 Å². The molecule has 21 heavy (non-hydrogen) atoms. The van der Waals surface area contributed by atoms with Crippen molar-refractivity contribution in [3.8, 4) is 0 Å². The molecule has 2 heterocycles. The molecule has 1 aliphatic heterocycles. The molecule has 2 rings (SSSR count). The quantitative estimate of drug-likeness (QED) is 0.640. The molecule has 0 bridgehead atoms. The van der Waals surface area contributed by atoms with Gasteiger partial charge >= 0.3 is 5.69 Å². The van der Waals surface area contributed by atoms with E-state index in [0.717, 1.165) is 0 Å². The van der Waals surface area contributed by atoms with Gasteiger partial charge < -0.3 is 19.7 Å². The standard InChI is InChI=1S/C13H20N2O6/c1-6-4-15(13(19)14-11(6)18)12-9(7(2)20-3)10(17)8(5-16)21-12/h4,7-10,12,16-17H,5H2,1-3H3,(H,14,18,19)/t7?,8-,9?,10-,12-/m1/s1. The zero-order valence-corrected chi connectivity index (χ0v) is 12.1. The van der Waals surface area contributed by atoms with Gasteiger partial charge in [0, 0.05) is 18.9 Å². The Morgan fingerprint density at radius 1 is 1.52 bits per heavy atom. The van der Waals surface area contributed by atoms with E-state index in [1.807, 2.05) is 0 Å². The average molecular weight is 300 g/mol. The number of aliphatic hydroxyl groups is 2. The van der Waals surface area contributed by atoms with E-state index in [-0.39, 0.29) is 6.61 Å². The summed E-state index contributed by atoms with van der Waals surface area (Å²) >= 11 is 0. The summed E-state index contributed by atoms with van der Waals surface area (Å²) in [5.74, 6) is -0.546. The molecule has 1 aliphatic rings. The van der Waals surface area contributed by atoms with E-state index < -0.39 is 41.7 Å². The lowest BCUT2D eigenvalue weighted by molar-refractivity contribution is -0.0571. The molecule has 0 aromatic carbocycles. The summed E-state index contributed by atoms with van der Waals surface area (Å²) in [7, 11) is 1.49. The molecule has 0 saturated carbocycles. The van der Waals surface area contributed by atoms with Crippen molar-refractivity contribution in [2.24, 2.45) is 5.92 Å². The molecule has 5 atom stereocenters. The van der Waals surface area contributed by atoms with E-state index in [0.29, 0.717) is 5.56 Å². The fourth-order valence-electron chi connectivity index (χ4n) is 2.61. The Morgan fingerprint density at radius 2 is 2.19 bits per heavy atom. The number of rotatable bonds is 4. The van der Waals surface area contributed by atoms with Crippen LogP contribution in [0.5, 0.6) is 0 Å². The lowest BCUT2D eigenvalue weighted by Crippen LogP contribution is -2.40. The first-order valence-electron chi connectivity index (χ1n) is 6.70. The predicted octanol–water partition coefficient (Wildman–Crippen LogP) is -1.25. The largest absolute Gasteiger partial charge is 0.394 e. The Balaban J connectivity index is 2.47. The molecule has 8 nitrogen and oxygen atoms in total. The second kappa shape index (κ2) is 6.10. The highest BCUT2D eigenvalue weighted by atomic mass is 16.6. The fraction of sp³-hybridized carbons (Fsp3) is 0.692. The van der Waals surface area contributed by atoms with Gasteiger partial charge in [0.15, 0.2) is 0 Å². The maximum Gasteiger partial charge on any atom is 0.330 e. The van der Waals surface area contributed by atoms with E-state index in [4.69, 9.17) is 9.47 Å². The van der Waals surface area contributed by atoms with E-state index in [1.54, 1.807) is 13.8 Å². The number of methoxy groups -OCH3 is 1. The molecule has 1 saturated heterocycles. The Hall–Kier alpha value is -1.48. The van der Waals surface area contributed by atoms with Crippen LogP contribution in [-0.4, -0.2) is 51.8 Å². The highest BCUT2D eigenvalue weighted by Crippen LogP contribution is 2.37. The van der Waals surface area contributed by atoms with Crippen molar-refractivity contribution in [1.29, 1.82) is 0 Å². The molecule has 2 unspecified atom stereocenters. The van der Waals surface area contributed by atoms with Crippen LogP contribution in [0.25, 0.3) is 0 Å². The normalized spacial score (nSPS) is 30.5. The van der Waals surface area contributed by atoms with Crippen molar-refractivity contribution in [3.05, 3.63) is 32.6 Å². The zero-order chi connectivity index (χ0) is 15.7. The van der Waals surface area contributed by atoms with E-state index in [1.165, 1.54) is 17.9 Å². The molecule has 0 amide bonds. The van der Waals surface area contributed by atoms with Crippen LogP contribution in [0.3, 0.4) is 0 Å². The fourth-order valence-corrected chi connectivity index (χ4v) is 2.61. The molecule has 1 aromatic heterocycles. The molecule has 0 radical (unpaired) electrons. The average Bonchev–Trinajstić information content (AvgIpc) is 2.78. The number of nitrogens with zero attached hydrogens (tertiary/aromatic N) is 1. The minimum absolute atomic E-state index is 0.351. The van der Waals surface area contributed by atoms with Crippen molar-refractivity contribution < 1.29 is 19.7 Å². The summed E-state index contributed by atoms with van der Waals surface area (Å²) in [6.07, 6.45) is -1.63. The Morgan fingerprint density at radius 3 is 2.76 bits per heavy atom. The maximum atomic E-state index is 12.0. The number of ether oxygens (including phenoxy) is 2. The molecule has 1 fully saturated rings. The van der Waals surface area contributed by atoms with Gasteiger partial charge in [0.05, 0.1) is 24.7 Å². The van der Waals surface area contributed by atoms with E-state index in [2.05, 4.69) is 4.98 Å². The second-order valence-corrected chi connectivity index (χ2v) is 5.24. The van der Waals surface area contributed by atoms with E-state index in [9.17, 15) is 19.8 Å². The van der Waals surface area contributed by atoms with Gasteiger partial charge in [-0.25, -0.2) is 4.79 Å². The molecule has 8 heteroatoms. The molecule has 0 spiro atoms. The van der Waals surface area contributed by atoms with Gasteiger partial charge in [-0.15, -0.1) is 0 Å². The molecule has 0 aliphatic carbocycles. The van der Waals surface area contributed by atoms with Crippen molar-refractivity contribution in [2.75, 3.05) is 13.7 Å². The number of aromatic amines is 1. The first-order chi connectivity index (χ1) is 9.90. The van der Waals surface area contributed by atoms with Gasteiger partial charge in [0.25, 0.3) is 5.56 Å². The predicted molar refractivity (Wildman–Crippen MR) is 73.0 cm³/mol. The summed E-state index contributed by atoms with van der Waals surface area (Å²) in [6, 6.07) is 0. The summed E-state index contributed by atoms with van der Waals surface area (Å²) < 4.78 is 12.0. The van der Waals surface area contributed by atoms with Gasteiger partial charge in [-0.3, -0.25) is 14.3 Å². The minimum atomic E-state index is -0.978. The third-order valence-corrected chi connectivity index (χ3v) is 3.93. The monoisotopic (exact) mass is 300 g/mol. The molecule has 3 N–H and O–H groups in total. The summed E-state index contributed by atoms with van der Waals surface area (Å²) in [6.45, 7) is 2.94. The van der Waals surface area contributed by atoms with Gasteiger partial charge in [-0.1, -0.05) is 0 Å². The van der Waals surface area contributed by atoms with Crippen LogP contribution in [0, 0.1) is 12.8 Å². The highest BCUT2D eigenvalue weighted by Gasteiger charge is 2.47. The topological polar surface area (TPSA) is 114 Å². The summed E-state index contributed by atoms with van der Waals surface area (Å²) in [5, 5.41) is 19.5. The van der Waals surface area contributed by atoms with Crippen LogP contribution < -0.4 is 11.2 Å². The smallest absolute Gasteiger partial charge is 0.330 e. The number of aliphatic hydroxyl groups excluding tert-OH is 2. The Labute approximate surface area is 120 Å². The maximum absolute atomic E-state index is 12.0. The van der Waals surface area contributed by atoms with Crippen LogP contribution >= 0.6 is 0 Å². The van der Waals surface area contributed by atoms with Crippen LogP contribution in [0.4, 0.5) is 0 Å². The Bertz CT molecular complexity index is 609. The molecular formula is C13H20N2O6. The number of aryl methyl sites for hydroxylation is 1. The van der Waals surface area contributed by atoms with Gasteiger partial charge in [0.2, 0.25) is 0 Å². The molecule has 118 valence electrons. The molecular weight excluding hydrogens is 280 g/mol. The van der Waals surface area contributed by atoms with Crippen LogP contribution in [-0.2, 0) is 9.47 Å². The third kappa shape index (κ3) is 2.80. The second-order valence-electron chi connectivity index (χ2n) is 5.24. The SMILES string of the molecule is COC(C)C1[C@H](n2cc(C)c(=O)[nH]c2=O)O[C@H](CO)[C@H]1O. The van der Waals surface area contributed by atoms with Crippen LogP contribution in [0.15, 0.2) is 15.8 Å². The Kier molecular flexibility index (Phi) is 4.62. The lowest BCUT2D eigenvalue weighted by atomic mass is 9.94. The number of nitrogens with one attached hydrogen (secondary N) is 1. The first-order valence-corrected chi connectivity index (χ1v) is 6.70. The lowest BCUT2D eigenvalue weighted by Gasteiger charge is -2.26. The minimum Gasteiger partial charge on any atom is -0.394 e. The van der Waals surface area contributed by atoms with Crippen molar-refractivity contribution in [1.82, 2.24) is 9.55 Å². The van der Waals surface area contributed by atoms with Gasteiger partial charge in [-0.2, -0.15) is 0 Å². The summed E-state index contributed by atoms with van der Waals surface area (Å²) in [4.78, 5) is 25.6. The highest BCUT2D eigenvalue weighted by molar-refractivity contribution is 5.03. The van der Waals surface area contributed by atoms with Crippen molar-refractivity contribution in [2.45, 2.75) is 38.4 Å². The summed E-state index contributed by atoms with van der Waals surface area (Å²) in [5.41, 5.74) is -0.747. The zero-order valence-electron chi connectivity index (χ0n) is 12.1. The van der Waals surface area contributed by atoms with Gasteiger partial charge in [0.1, 0.15) is 12.3 Å². The number of aromatic nitrogens is 2. The first kappa shape index (κ1) is 15.9.